The van der Waals surface area contributed by atoms with Crippen molar-refractivity contribution in [2.75, 3.05) is 11.9 Å². The lowest BCUT2D eigenvalue weighted by molar-refractivity contribution is 0.382. The third kappa shape index (κ3) is 2.03. The van der Waals surface area contributed by atoms with E-state index >= 15 is 0 Å². The van der Waals surface area contributed by atoms with Crippen LogP contribution in [-0.2, 0) is 7.05 Å². The molecule has 0 aliphatic heterocycles. The predicted molar refractivity (Wildman–Crippen MR) is 72.2 cm³/mol. The first-order valence-electron chi connectivity index (χ1n) is 6.09. The Balaban J connectivity index is 2.43. The standard InChI is InChI=1S/C12H20N6/c1-8(2)12(3,6-13)17-10-9-5-16-18(4)11(9)15-7-14-10/h5,7-8H,6,13H2,1-4H3,(H,14,15,17). The molecule has 0 aliphatic carbocycles. The van der Waals surface area contributed by atoms with Crippen LogP contribution in [0, 0.1) is 5.92 Å². The van der Waals surface area contributed by atoms with Gasteiger partial charge in [-0.25, -0.2) is 9.97 Å². The van der Waals surface area contributed by atoms with Crippen molar-refractivity contribution in [1.82, 2.24) is 19.7 Å². The number of hydrogen-bond acceptors (Lipinski definition) is 5. The SMILES string of the molecule is CC(C)C(C)(CN)Nc1ncnc2c1cnn2C. The van der Waals surface area contributed by atoms with Crippen molar-refractivity contribution in [2.24, 2.45) is 18.7 Å². The zero-order chi connectivity index (χ0) is 13.3. The minimum atomic E-state index is -0.197. The molecule has 1 atom stereocenters. The largest absolute Gasteiger partial charge is 0.363 e. The second kappa shape index (κ2) is 4.53. The molecule has 18 heavy (non-hydrogen) atoms. The minimum Gasteiger partial charge on any atom is -0.363 e. The molecule has 0 amide bonds. The number of nitrogens with two attached hydrogens (primary N) is 1. The molecule has 0 saturated carbocycles. The van der Waals surface area contributed by atoms with Crippen LogP contribution in [0.1, 0.15) is 20.8 Å². The summed E-state index contributed by atoms with van der Waals surface area (Å²) in [4.78, 5) is 8.52. The Bertz CT molecular complexity index is 546. The Morgan fingerprint density at radius 3 is 2.78 bits per heavy atom. The maximum atomic E-state index is 5.88. The molecular formula is C12H20N6. The Morgan fingerprint density at radius 2 is 2.17 bits per heavy atom. The van der Waals surface area contributed by atoms with Crippen molar-refractivity contribution < 1.29 is 0 Å². The average molecular weight is 248 g/mol. The summed E-state index contributed by atoms with van der Waals surface area (Å²) in [7, 11) is 1.86. The normalized spacial score (nSPS) is 15.0. The van der Waals surface area contributed by atoms with Gasteiger partial charge >= 0.3 is 0 Å². The molecule has 1 unspecified atom stereocenters. The number of fused-ring (bicyclic) bond motifs is 1. The summed E-state index contributed by atoms with van der Waals surface area (Å²) in [5.41, 5.74) is 6.50. The summed E-state index contributed by atoms with van der Waals surface area (Å²) in [6.07, 6.45) is 3.32. The summed E-state index contributed by atoms with van der Waals surface area (Å²) >= 11 is 0. The van der Waals surface area contributed by atoms with E-state index in [-0.39, 0.29) is 5.54 Å². The fourth-order valence-electron chi connectivity index (χ4n) is 1.76. The quantitative estimate of drug-likeness (QED) is 0.848. The van der Waals surface area contributed by atoms with E-state index in [1.165, 1.54) is 0 Å². The third-order valence-corrected chi connectivity index (χ3v) is 3.63. The lowest BCUT2D eigenvalue weighted by Crippen LogP contribution is -2.47. The molecule has 0 radical (unpaired) electrons. The van der Waals surface area contributed by atoms with Crippen LogP contribution in [0.2, 0.25) is 0 Å². The van der Waals surface area contributed by atoms with Gasteiger partial charge in [-0.05, 0) is 12.8 Å². The molecule has 0 spiro atoms. The van der Waals surface area contributed by atoms with Gasteiger partial charge < -0.3 is 11.1 Å². The molecule has 0 aliphatic rings. The third-order valence-electron chi connectivity index (χ3n) is 3.63. The summed E-state index contributed by atoms with van der Waals surface area (Å²) in [5.74, 6) is 1.18. The van der Waals surface area contributed by atoms with Gasteiger partial charge in [0.1, 0.15) is 12.1 Å². The molecule has 2 heterocycles. The highest BCUT2D eigenvalue weighted by Crippen LogP contribution is 2.25. The van der Waals surface area contributed by atoms with Crippen LogP contribution in [0.3, 0.4) is 0 Å². The van der Waals surface area contributed by atoms with Crippen molar-refractivity contribution in [3.05, 3.63) is 12.5 Å². The number of nitrogens with zero attached hydrogens (tertiary/aromatic N) is 4. The highest BCUT2D eigenvalue weighted by molar-refractivity contribution is 5.86. The first-order valence-corrected chi connectivity index (χ1v) is 6.09. The van der Waals surface area contributed by atoms with Gasteiger partial charge in [0.15, 0.2) is 5.65 Å². The van der Waals surface area contributed by atoms with Crippen molar-refractivity contribution in [3.8, 4) is 0 Å². The van der Waals surface area contributed by atoms with Crippen LogP contribution < -0.4 is 11.1 Å². The van der Waals surface area contributed by atoms with Crippen LogP contribution in [0.15, 0.2) is 12.5 Å². The van der Waals surface area contributed by atoms with Crippen molar-refractivity contribution in [2.45, 2.75) is 26.3 Å². The van der Waals surface area contributed by atoms with Gasteiger partial charge in [-0.2, -0.15) is 5.10 Å². The monoisotopic (exact) mass is 248 g/mol. The number of nitrogens with one attached hydrogen (secondary N) is 1. The highest BCUT2D eigenvalue weighted by atomic mass is 15.3. The molecule has 0 saturated heterocycles. The lowest BCUT2D eigenvalue weighted by atomic mass is 9.88. The van der Waals surface area contributed by atoms with E-state index in [1.807, 2.05) is 7.05 Å². The molecule has 98 valence electrons. The molecule has 2 aromatic rings. The first kappa shape index (κ1) is 12.8. The summed E-state index contributed by atoms with van der Waals surface area (Å²) in [6.45, 7) is 6.92. The van der Waals surface area contributed by atoms with Gasteiger partial charge in [0, 0.05) is 13.6 Å². The molecule has 0 fully saturated rings. The van der Waals surface area contributed by atoms with Crippen LogP contribution in [0.5, 0.6) is 0 Å². The van der Waals surface area contributed by atoms with Gasteiger partial charge in [-0.3, -0.25) is 4.68 Å². The molecule has 2 rings (SSSR count). The molecule has 2 aromatic heterocycles. The average Bonchev–Trinajstić information content (AvgIpc) is 2.72. The zero-order valence-electron chi connectivity index (χ0n) is 11.3. The van der Waals surface area contributed by atoms with Gasteiger partial charge in [-0.1, -0.05) is 13.8 Å². The van der Waals surface area contributed by atoms with Gasteiger partial charge in [0.25, 0.3) is 0 Å². The highest BCUT2D eigenvalue weighted by Gasteiger charge is 2.27. The fourth-order valence-corrected chi connectivity index (χ4v) is 1.76. The number of aromatic nitrogens is 4. The molecule has 0 aromatic carbocycles. The van der Waals surface area contributed by atoms with Crippen LogP contribution in [-0.4, -0.2) is 31.8 Å². The number of hydrogen-bond donors (Lipinski definition) is 2. The van der Waals surface area contributed by atoms with Crippen LogP contribution in [0.25, 0.3) is 11.0 Å². The van der Waals surface area contributed by atoms with Gasteiger partial charge in [0.05, 0.1) is 17.1 Å². The Hall–Kier alpha value is -1.69. The summed E-state index contributed by atoms with van der Waals surface area (Å²) in [6, 6.07) is 0. The van der Waals surface area contributed by atoms with Gasteiger partial charge in [-0.15, -0.1) is 0 Å². The molecule has 6 nitrogen and oxygen atoms in total. The van der Waals surface area contributed by atoms with Crippen molar-refractivity contribution in [1.29, 1.82) is 0 Å². The number of aryl methyl sites for hydroxylation is 1. The second-order valence-corrected chi connectivity index (χ2v) is 5.13. The Morgan fingerprint density at radius 1 is 1.44 bits per heavy atom. The fraction of sp³-hybridized carbons (Fsp3) is 0.583. The summed E-state index contributed by atoms with van der Waals surface area (Å²) < 4.78 is 1.73. The Labute approximate surface area is 107 Å². The first-order chi connectivity index (χ1) is 8.48. The lowest BCUT2D eigenvalue weighted by Gasteiger charge is -2.34. The van der Waals surface area contributed by atoms with Crippen molar-refractivity contribution >= 4 is 16.9 Å². The molecule has 3 N–H and O–H groups in total. The van der Waals surface area contributed by atoms with Crippen LogP contribution >= 0.6 is 0 Å². The van der Waals surface area contributed by atoms with E-state index in [0.29, 0.717) is 12.5 Å². The maximum Gasteiger partial charge on any atom is 0.163 e. The van der Waals surface area contributed by atoms with Crippen molar-refractivity contribution in [3.63, 3.8) is 0 Å². The Kier molecular flexibility index (Phi) is 3.21. The van der Waals surface area contributed by atoms with E-state index in [9.17, 15) is 0 Å². The summed E-state index contributed by atoms with van der Waals surface area (Å²) in [5, 5.41) is 8.55. The van der Waals surface area contributed by atoms with E-state index in [0.717, 1.165) is 16.9 Å². The molecule has 0 bridgehead atoms. The van der Waals surface area contributed by atoms with Crippen LogP contribution in [0.4, 0.5) is 5.82 Å². The molecular weight excluding hydrogens is 228 g/mol. The van der Waals surface area contributed by atoms with Gasteiger partial charge in [0.2, 0.25) is 0 Å². The number of anilines is 1. The maximum absolute atomic E-state index is 5.88. The molecule has 6 heteroatoms. The van der Waals surface area contributed by atoms with E-state index in [2.05, 4.69) is 41.2 Å². The second-order valence-electron chi connectivity index (χ2n) is 5.13. The predicted octanol–water partition coefficient (Wildman–Crippen LogP) is 1.15. The van der Waals surface area contributed by atoms with E-state index in [1.54, 1.807) is 17.2 Å². The number of rotatable bonds is 4. The topological polar surface area (TPSA) is 81.7 Å². The van der Waals surface area contributed by atoms with E-state index < -0.39 is 0 Å². The minimum absolute atomic E-state index is 0.197. The zero-order valence-corrected chi connectivity index (χ0v) is 11.3. The van der Waals surface area contributed by atoms with E-state index in [4.69, 9.17) is 5.73 Å². The smallest absolute Gasteiger partial charge is 0.163 e.